The van der Waals surface area contributed by atoms with Crippen molar-refractivity contribution < 1.29 is 10.2 Å². The number of aliphatic hydroxyl groups excluding tert-OH is 2. The maximum absolute atomic E-state index is 10.2. The summed E-state index contributed by atoms with van der Waals surface area (Å²) in [5.41, 5.74) is 2.18. The first-order valence-electron chi connectivity index (χ1n) is 6.71. The molecular formula is C15H23NO2. The Morgan fingerprint density at radius 2 is 1.94 bits per heavy atom. The molecule has 0 amide bonds. The van der Waals surface area contributed by atoms with Gasteiger partial charge < -0.3 is 15.1 Å². The van der Waals surface area contributed by atoms with E-state index in [9.17, 15) is 10.2 Å². The van der Waals surface area contributed by atoms with Crippen molar-refractivity contribution in [1.82, 2.24) is 4.90 Å². The molecule has 2 rings (SSSR count). The second kappa shape index (κ2) is 5.83. The lowest BCUT2D eigenvalue weighted by Crippen LogP contribution is -2.28. The van der Waals surface area contributed by atoms with Gasteiger partial charge in [0.2, 0.25) is 0 Å². The third-order valence-electron chi connectivity index (χ3n) is 3.88. The highest BCUT2D eigenvalue weighted by atomic mass is 16.3. The van der Waals surface area contributed by atoms with Crippen LogP contribution >= 0.6 is 0 Å². The van der Waals surface area contributed by atoms with Crippen LogP contribution in [0.5, 0.6) is 0 Å². The van der Waals surface area contributed by atoms with E-state index in [1.54, 1.807) is 0 Å². The Hall–Kier alpha value is -0.900. The summed E-state index contributed by atoms with van der Waals surface area (Å²) in [6.07, 6.45) is 0.350. The van der Waals surface area contributed by atoms with Crippen LogP contribution in [0.2, 0.25) is 0 Å². The van der Waals surface area contributed by atoms with Gasteiger partial charge in [0.25, 0.3) is 0 Å². The summed E-state index contributed by atoms with van der Waals surface area (Å²) in [6.45, 7) is 6.42. The Labute approximate surface area is 109 Å². The molecule has 1 aromatic carbocycles. The average molecular weight is 249 g/mol. The van der Waals surface area contributed by atoms with Crippen molar-refractivity contribution in [2.24, 2.45) is 5.92 Å². The van der Waals surface area contributed by atoms with Gasteiger partial charge in [-0.25, -0.2) is 0 Å². The smallest absolute Gasteiger partial charge is 0.0916 e. The van der Waals surface area contributed by atoms with Crippen molar-refractivity contribution in [3.8, 4) is 0 Å². The molecule has 1 aliphatic rings. The van der Waals surface area contributed by atoms with Gasteiger partial charge in [0.15, 0.2) is 0 Å². The lowest BCUT2D eigenvalue weighted by atomic mass is 10.0. The summed E-state index contributed by atoms with van der Waals surface area (Å²) < 4.78 is 0. The number of likely N-dealkylation sites (tertiary alicyclic amines) is 1. The first-order valence-corrected chi connectivity index (χ1v) is 6.71. The molecule has 3 nitrogen and oxygen atoms in total. The molecular weight excluding hydrogens is 226 g/mol. The first kappa shape index (κ1) is 13.5. The highest BCUT2D eigenvalue weighted by Crippen LogP contribution is 2.23. The van der Waals surface area contributed by atoms with Crippen molar-refractivity contribution in [2.45, 2.75) is 32.5 Å². The van der Waals surface area contributed by atoms with Gasteiger partial charge in [-0.3, -0.25) is 0 Å². The molecule has 0 aliphatic carbocycles. The topological polar surface area (TPSA) is 43.7 Å². The van der Waals surface area contributed by atoms with Crippen molar-refractivity contribution >= 4 is 0 Å². The van der Waals surface area contributed by atoms with Gasteiger partial charge in [-0.1, -0.05) is 29.8 Å². The van der Waals surface area contributed by atoms with Gasteiger partial charge in [0, 0.05) is 13.1 Å². The first-order chi connectivity index (χ1) is 8.56. The maximum Gasteiger partial charge on any atom is 0.0916 e. The molecule has 0 aromatic heterocycles. The van der Waals surface area contributed by atoms with E-state index >= 15 is 0 Å². The number of rotatable bonds is 4. The van der Waals surface area contributed by atoms with Crippen molar-refractivity contribution in [2.75, 3.05) is 19.6 Å². The molecule has 1 heterocycles. The minimum atomic E-state index is -0.432. The zero-order chi connectivity index (χ0) is 13.1. The van der Waals surface area contributed by atoms with Gasteiger partial charge in [-0.15, -0.1) is 0 Å². The number of aliphatic hydroxyl groups is 2. The summed E-state index contributed by atoms with van der Waals surface area (Å²) in [5.74, 6) is 0.357. The van der Waals surface area contributed by atoms with Crippen LogP contribution in [-0.2, 0) is 0 Å². The van der Waals surface area contributed by atoms with Gasteiger partial charge >= 0.3 is 0 Å². The van der Waals surface area contributed by atoms with E-state index in [1.807, 2.05) is 38.1 Å². The van der Waals surface area contributed by atoms with Crippen LogP contribution < -0.4 is 0 Å². The van der Waals surface area contributed by atoms with Crippen molar-refractivity contribution in [1.29, 1.82) is 0 Å². The molecule has 0 radical (unpaired) electrons. The maximum atomic E-state index is 10.2. The third kappa shape index (κ3) is 3.31. The number of hydrogen-bond acceptors (Lipinski definition) is 3. The van der Waals surface area contributed by atoms with Gasteiger partial charge in [0.1, 0.15) is 0 Å². The van der Waals surface area contributed by atoms with E-state index in [-0.39, 0.29) is 6.10 Å². The van der Waals surface area contributed by atoms with Gasteiger partial charge in [-0.05, 0) is 38.3 Å². The standard InChI is InChI=1S/C15H23NO2/c1-11-3-5-13(6-4-11)15(18)10-16-8-7-14(9-16)12(2)17/h3-6,12,14-15,17-18H,7-10H2,1-2H3. The minimum absolute atomic E-state index is 0.244. The summed E-state index contributed by atoms with van der Waals surface area (Å²) in [7, 11) is 0. The van der Waals surface area contributed by atoms with Crippen LogP contribution in [0.25, 0.3) is 0 Å². The summed E-state index contributed by atoms with van der Waals surface area (Å²) in [5, 5.41) is 19.8. The van der Waals surface area contributed by atoms with Gasteiger partial charge in [0.05, 0.1) is 12.2 Å². The van der Waals surface area contributed by atoms with E-state index in [4.69, 9.17) is 0 Å². The number of hydrogen-bond donors (Lipinski definition) is 2. The van der Waals surface area contributed by atoms with Crippen LogP contribution in [0, 0.1) is 12.8 Å². The summed E-state index contributed by atoms with van der Waals surface area (Å²) in [4.78, 5) is 2.24. The molecule has 3 atom stereocenters. The van der Waals surface area contributed by atoms with Crippen molar-refractivity contribution in [3.63, 3.8) is 0 Å². The Morgan fingerprint density at radius 3 is 2.50 bits per heavy atom. The van der Waals surface area contributed by atoms with Crippen LogP contribution in [0.3, 0.4) is 0 Å². The Balaban J connectivity index is 1.88. The molecule has 1 aromatic rings. The normalized spacial score (nSPS) is 24.1. The highest BCUT2D eigenvalue weighted by Gasteiger charge is 2.27. The Morgan fingerprint density at radius 1 is 1.28 bits per heavy atom. The van der Waals surface area contributed by atoms with Crippen LogP contribution in [0.4, 0.5) is 0 Å². The van der Waals surface area contributed by atoms with Crippen LogP contribution in [0.1, 0.15) is 30.6 Å². The number of benzene rings is 1. The van der Waals surface area contributed by atoms with E-state index in [0.717, 1.165) is 25.1 Å². The molecule has 100 valence electrons. The predicted octanol–water partition coefficient (Wildman–Crippen LogP) is 1.73. The minimum Gasteiger partial charge on any atom is -0.393 e. The third-order valence-corrected chi connectivity index (χ3v) is 3.88. The molecule has 3 unspecified atom stereocenters. The second-order valence-corrected chi connectivity index (χ2v) is 5.48. The predicted molar refractivity (Wildman–Crippen MR) is 72.4 cm³/mol. The molecule has 0 bridgehead atoms. The molecule has 1 fully saturated rings. The van der Waals surface area contributed by atoms with E-state index < -0.39 is 6.10 Å². The molecule has 3 heteroatoms. The number of nitrogens with zero attached hydrogens (tertiary/aromatic N) is 1. The lowest BCUT2D eigenvalue weighted by Gasteiger charge is -2.21. The summed E-state index contributed by atoms with van der Waals surface area (Å²) in [6, 6.07) is 8.03. The largest absolute Gasteiger partial charge is 0.393 e. The van der Waals surface area contributed by atoms with Crippen LogP contribution in [-0.4, -0.2) is 40.9 Å². The average Bonchev–Trinajstić information content (AvgIpc) is 2.78. The SMILES string of the molecule is Cc1ccc(C(O)CN2CCC(C(C)O)C2)cc1. The molecule has 1 saturated heterocycles. The van der Waals surface area contributed by atoms with Gasteiger partial charge in [-0.2, -0.15) is 0 Å². The quantitative estimate of drug-likeness (QED) is 0.854. The zero-order valence-electron chi connectivity index (χ0n) is 11.2. The summed E-state index contributed by atoms with van der Waals surface area (Å²) >= 11 is 0. The fraction of sp³-hybridized carbons (Fsp3) is 0.600. The number of aryl methyl sites for hydroxylation is 1. The highest BCUT2D eigenvalue weighted by molar-refractivity contribution is 5.23. The molecule has 0 saturated carbocycles. The monoisotopic (exact) mass is 249 g/mol. The second-order valence-electron chi connectivity index (χ2n) is 5.48. The fourth-order valence-electron chi connectivity index (χ4n) is 2.56. The zero-order valence-corrected chi connectivity index (χ0v) is 11.2. The van der Waals surface area contributed by atoms with Crippen molar-refractivity contribution in [3.05, 3.63) is 35.4 Å². The molecule has 2 N–H and O–H groups in total. The fourth-order valence-corrected chi connectivity index (χ4v) is 2.56. The lowest BCUT2D eigenvalue weighted by molar-refractivity contribution is 0.104. The van der Waals surface area contributed by atoms with E-state index in [2.05, 4.69) is 4.90 Å². The Bertz CT molecular complexity index is 375. The Kier molecular flexibility index (Phi) is 4.38. The van der Waals surface area contributed by atoms with E-state index in [1.165, 1.54) is 5.56 Å². The molecule has 0 spiro atoms. The van der Waals surface area contributed by atoms with E-state index in [0.29, 0.717) is 12.5 Å². The van der Waals surface area contributed by atoms with Crippen LogP contribution in [0.15, 0.2) is 24.3 Å². The number of β-amino-alcohol motifs (C(OH)–C–C–N with tert-alkyl or cyclic N) is 1. The molecule has 1 aliphatic heterocycles. The molecule has 18 heavy (non-hydrogen) atoms.